The Morgan fingerprint density at radius 2 is 1.33 bits per heavy atom. The lowest BCUT2D eigenvalue weighted by atomic mass is 9.99. The van der Waals surface area contributed by atoms with Gasteiger partial charge in [-0.25, -0.2) is 0 Å². The molecular formula is C20H38O7. The first kappa shape index (κ1) is 24.3. The molecule has 0 aliphatic carbocycles. The summed E-state index contributed by atoms with van der Waals surface area (Å²) >= 11 is 0. The number of hydrogen-bond acceptors (Lipinski definition) is 7. The molecule has 1 saturated heterocycles. The summed E-state index contributed by atoms with van der Waals surface area (Å²) in [6.07, 6.45) is 6.27. The molecule has 1 aliphatic rings. The summed E-state index contributed by atoms with van der Waals surface area (Å²) < 4.78 is 10.2. The van der Waals surface area contributed by atoms with Crippen molar-refractivity contribution in [2.75, 3.05) is 6.61 Å². The Morgan fingerprint density at radius 3 is 1.85 bits per heavy atom. The van der Waals surface area contributed by atoms with Crippen molar-refractivity contribution in [1.29, 1.82) is 0 Å². The van der Waals surface area contributed by atoms with Crippen molar-refractivity contribution in [3.8, 4) is 0 Å². The number of ether oxygens (including phenoxy) is 2. The van der Waals surface area contributed by atoms with E-state index in [2.05, 4.69) is 6.92 Å². The summed E-state index contributed by atoms with van der Waals surface area (Å²) in [6.45, 7) is 1.68. The van der Waals surface area contributed by atoms with Crippen LogP contribution >= 0.6 is 0 Å². The highest BCUT2D eigenvalue weighted by Crippen LogP contribution is 2.22. The van der Waals surface area contributed by atoms with Crippen LogP contribution in [0.2, 0.25) is 0 Å². The normalized spacial score (nSPS) is 28.3. The van der Waals surface area contributed by atoms with Crippen molar-refractivity contribution >= 4 is 5.97 Å². The Morgan fingerprint density at radius 1 is 0.815 bits per heavy atom. The summed E-state index contributed by atoms with van der Waals surface area (Å²) in [5.41, 5.74) is 0. The molecule has 1 rings (SSSR count). The van der Waals surface area contributed by atoms with Crippen LogP contribution in [0.25, 0.3) is 0 Å². The molecule has 160 valence electrons. The number of esters is 1. The van der Waals surface area contributed by atoms with E-state index in [0.717, 1.165) is 12.8 Å². The largest absolute Gasteiger partial charge is 0.433 e. The van der Waals surface area contributed by atoms with Crippen molar-refractivity contribution < 1.29 is 34.7 Å². The predicted octanol–water partition coefficient (Wildman–Crippen LogP) is 2.03. The minimum absolute atomic E-state index is 0.214. The SMILES string of the molecule is CCCCCCCCCCCCCC(=O)OC1O[C@H](CO)[C@@H](O)[C@@H](O)[C@@H]1O. The first-order valence-corrected chi connectivity index (χ1v) is 10.5. The molecule has 27 heavy (non-hydrogen) atoms. The average Bonchev–Trinajstić information content (AvgIpc) is 2.66. The van der Waals surface area contributed by atoms with Crippen molar-refractivity contribution in [3.63, 3.8) is 0 Å². The van der Waals surface area contributed by atoms with Crippen LogP contribution in [0.5, 0.6) is 0 Å². The van der Waals surface area contributed by atoms with Crippen LogP contribution in [-0.4, -0.2) is 63.7 Å². The zero-order valence-electron chi connectivity index (χ0n) is 16.6. The van der Waals surface area contributed by atoms with Crippen LogP contribution < -0.4 is 0 Å². The Balaban J connectivity index is 2.07. The molecule has 4 N–H and O–H groups in total. The van der Waals surface area contributed by atoms with Gasteiger partial charge in [0.05, 0.1) is 6.61 Å². The minimum Gasteiger partial charge on any atom is -0.433 e. The van der Waals surface area contributed by atoms with E-state index in [1.54, 1.807) is 0 Å². The fraction of sp³-hybridized carbons (Fsp3) is 0.950. The zero-order chi connectivity index (χ0) is 20.1. The summed E-state index contributed by atoms with van der Waals surface area (Å²) in [5, 5.41) is 38.3. The topological polar surface area (TPSA) is 116 Å². The van der Waals surface area contributed by atoms with E-state index in [4.69, 9.17) is 14.6 Å². The lowest BCUT2D eigenvalue weighted by Crippen LogP contribution is -2.59. The first-order valence-electron chi connectivity index (χ1n) is 10.5. The fourth-order valence-corrected chi connectivity index (χ4v) is 3.29. The van der Waals surface area contributed by atoms with Crippen LogP contribution in [0.3, 0.4) is 0 Å². The van der Waals surface area contributed by atoms with Gasteiger partial charge in [0.25, 0.3) is 0 Å². The summed E-state index contributed by atoms with van der Waals surface area (Å²) in [5.74, 6) is -0.518. The maximum Gasteiger partial charge on any atom is 0.308 e. The first-order chi connectivity index (χ1) is 13.0. The molecule has 1 unspecified atom stereocenters. The van der Waals surface area contributed by atoms with Crippen LogP contribution in [0, 0.1) is 0 Å². The molecule has 0 aromatic rings. The Labute approximate surface area is 162 Å². The van der Waals surface area contributed by atoms with Gasteiger partial charge in [0.2, 0.25) is 6.29 Å². The van der Waals surface area contributed by atoms with Crippen molar-refractivity contribution in [2.24, 2.45) is 0 Å². The molecule has 5 atom stereocenters. The minimum atomic E-state index is -1.54. The Bertz CT molecular complexity index is 389. The van der Waals surface area contributed by atoms with Crippen LogP contribution in [0.15, 0.2) is 0 Å². The molecule has 1 aliphatic heterocycles. The van der Waals surface area contributed by atoms with Crippen LogP contribution in [-0.2, 0) is 14.3 Å². The molecule has 7 heteroatoms. The third-order valence-electron chi connectivity index (χ3n) is 5.08. The van der Waals surface area contributed by atoms with Gasteiger partial charge in [-0.15, -0.1) is 0 Å². The molecule has 0 aromatic carbocycles. The van der Waals surface area contributed by atoms with Crippen LogP contribution in [0.4, 0.5) is 0 Å². The molecule has 0 amide bonds. The Kier molecular flexibility index (Phi) is 12.9. The molecule has 0 bridgehead atoms. The third kappa shape index (κ3) is 9.34. The zero-order valence-corrected chi connectivity index (χ0v) is 16.6. The highest BCUT2D eigenvalue weighted by atomic mass is 16.7. The highest BCUT2D eigenvalue weighted by Gasteiger charge is 2.45. The van der Waals surface area contributed by atoms with Gasteiger partial charge in [0.15, 0.2) is 0 Å². The molecule has 1 heterocycles. The molecule has 7 nitrogen and oxygen atoms in total. The monoisotopic (exact) mass is 390 g/mol. The second kappa shape index (κ2) is 14.3. The van der Waals surface area contributed by atoms with Gasteiger partial charge >= 0.3 is 5.97 Å². The van der Waals surface area contributed by atoms with Gasteiger partial charge in [0, 0.05) is 6.42 Å². The Hall–Kier alpha value is -0.730. The molecule has 0 aromatic heterocycles. The number of aliphatic hydroxyl groups excluding tert-OH is 4. The number of carbonyl (C=O) groups is 1. The van der Waals surface area contributed by atoms with E-state index in [-0.39, 0.29) is 6.42 Å². The highest BCUT2D eigenvalue weighted by molar-refractivity contribution is 5.69. The summed E-state index contributed by atoms with van der Waals surface area (Å²) in [4.78, 5) is 11.9. The fourth-order valence-electron chi connectivity index (χ4n) is 3.29. The van der Waals surface area contributed by atoms with E-state index in [1.807, 2.05) is 0 Å². The van der Waals surface area contributed by atoms with E-state index < -0.39 is 43.3 Å². The number of carbonyl (C=O) groups excluding carboxylic acids is 1. The standard InChI is InChI=1S/C20H38O7/c1-2-3-4-5-6-7-8-9-10-11-12-13-16(22)27-20-19(25)18(24)17(23)15(14-21)26-20/h15,17-21,23-25H,2-14H2,1H3/t15-,17-,18-,19+,20?/m1/s1. The molecular weight excluding hydrogens is 352 g/mol. The van der Waals surface area contributed by atoms with Gasteiger partial charge in [-0.05, 0) is 6.42 Å². The quantitative estimate of drug-likeness (QED) is 0.265. The average molecular weight is 391 g/mol. The van der Waals surface area contributed by atoms with Gasteiger partial charge in [-0.2, -0.15) is 0 Å². The summed E-state index contributed by atoms with van der Waals surface area (Å²) in [7, 11) is 0. The molecule has 1 fully saturated rings. The van der Waals surface area contributed by atoms with Crippen molar-refractivity contribution in [2.45, 2.75) is 115 Å². The number of hydrogen-bond donors (Lipinski definition) is 4. The molecule has 0 saturated carbocycles. The smallest absolute Gasteiger partial charge is 0.308 e. The van der Waals surface area contributed by atoms with Gasteiger partial charge in [0.1, 0.15) is 24.4 Å². The predicted molar refractivity (Wildman–Crippen MR) is 101 cm³/mol. The second-order valence-corrected chi connectivity index (χ2v) is 7.47. The number of rotatable bonds is 14. The third-order valence-corrected chi connectivity index (χ3v) is 5.08. The van der Waals surface area contributed by atoms with E-state index in [9.17, 15) is 20.1 Å². The van der Waals surface area contributed by atoms with Crippen LogP contribution in [0.1, 0.15) is 84.0 Å². The molecule has 0 spiro atoms. The number of aliphatic hydroxyl groups is 4. The maximum atomic E-state index is 11.9. The van der Waals surface area contributed by atoms with Crippen molar-refractivity contribution in [3.05, 3.63) is 0 Å². The van der Waals surface area contributed by atoms with Gasteiger partial charge < -0.3 is 29.9 Å². The van der Waals surface area contributed by atoms with E-state index >= 15 is 0 Å². The van der Waals surface area contributed by atoms with E-state index in [1.165, 1.54) is 51.4 Å². The van der Waals surface area contributed by atoms with E-state index in [0.29, 0.717) is 6.42 Å². The van der Waals surface area contributed by atoms with Crippen molar-refractivity contribution in [1.82, 2.24) is 0 Å². The van der Waals surface area contributed by atoms with Gasteiger partial charge in [-0.3, -0.25) is 4.79 Å². The number of unbranched alkanes of at least 4 members (excludes halogenated alkanes) is 10. The summed E-state index contributed by atoms with van der Waals surface area (Å²) in [6, 6.07) is 0. The lowest BCUT2D eigenvalue weighted by molar-refractivity contribution is -0.292. The lowest BCUT2D eigenvalue weighted by Gasteiger charge is -2.39. The maximum absolute atomic E-state index is 11.9. The van der Waals surface area contributed by atoms with Gasteiger partial charge in [-0.1, -0.05) is 71.1 Å². The molecule has 0 radical (unpaired) electrons. The second-order valence-electron chi connectivity index (χ2n) is 7.47.